The molecule has 0 bridgehead atoms. The van der Waals surface area contributed by atoms with Crippen LogP contribution in [0.3, 0.4) is 0 Å². The van der Waals surface area contributed by atoms with E-state index in [2.05, 4.69) is 25.1 Å². The zero-order chi connectivity index (χ0) is 14.9. The number of aromatic nitrogens is 3. The highest BCUT2D eigenvalue weighted by atomic mass is 16.5. The third-order valence-corrected chi connectivity index (χ3v) is 3.55. The Labute approximate surface area is 126 Å². The summed E-state index contributed by atoms with van der Waals surface area (Å²) in [6, 6.07) is 0. The van der Waals surface area contributed by atoms with Gasteiger partial charge in [0.1, 0.15) is 12.4 Å². The number of nitrogens with two attached hydrogens (primary N) is 1. The molecule has 0 unspecified atom stereocenters. The number of rotatable bonds is 7. The van der Waals surface area contributed by atoms with Gasteiger partial charge in [0.15, 0.2) is 11.8 Å². The number of hydrogen-bond acceptors (Lipinski definition) is 4. The standard InChI is InChI=1S/C14H26N6O/c1-2-21-10-6-8-16-14(15)17-11-13-19-18-12-7-4-3-5-9-20(12)13/h2-11H2,1H3,(H3,15,16,17). The van der Waals surface area contributed by atoms with Crippen molar-refractivity contribution in [1.82, 2.24) is 20.1 Å². The molecule has 0 aromatic carbocycles. The van der Waals surface area contributed by atoms with E-state index in [4.69, 9.17) is 10.5 Å². The maximum absolute atomic E-state index is 5.85. The van der Waals surface area contributed by atoms with Gasteiger partial charge in [-0.25, -0.2) is 4.99 Å². The largest absolute Gasteiger partial charge is 0.382 e. The minimum Gasteiger partial charge on any atom is -0.382 e. The third kappa shape index (κ3) is 5.00. The number of aryl methyl sites for hydroxylation is 1. The number of nitrogens with zero attached hydrogens (tertiary/aromatic N) is 4. The van der Waals surface area contributed by atoms with E-state index in [9.17, 15) is 0 Å². The average molecular weight is 294 g/mol. The van der Waals surface area contributed by atoms with E-state index in [1.807, 2.05) is 6.92 Å². The molecule has 2 rings (SSSR count). The van der Waals surface area contributed by atoms with E-state index in [0.29, 0.717) is 12.5 Å². The predicted octanol–water partition coefficient (Wildman–Crippen LogP) is 0.835. The Morgan fingerprint density at radius 1 is 1.38 bits per heavy atom. The van der Waals surface area contributed by atoms with Gasteiger partial charge in [-0.15, -0.1) is 10.2 Å². The van der Waals surface area contributed by atoms with Gasteiger partial charge in [0.05, 0.1) is 0 Å². The molecule has 21 heavy (non-hydrogen) atoms. The lowest BCUT2D eigenvalue weighted by Crippen LogP contribution is -2.33. The van der Waals surface area contributed by atoms with Crippen LogP contribution in [0.25, 0.3) is 0 Å². The summed E-state index contributed by atoms with van der Waals surface area (Å²) in [7, 11) is 0. The SMILES string of the molecule is CCOCCCNC(N)=NCc1nnc2n1CCCCC2. The van der Waals surface area contributed by atoms with Crippen LogP contribution in [0.2, 0.25) is 0 Å². The van der Waals surface area contributed by atoms with Gasteiger partial charge in [0.2, 0.25) is 0 Å². The molecule has 7 heteroatoms. The van der Waals surface area contributed by atoms with Gasteiger partial charge in [0.25, 0.3) is 0 Å². The van der Waals surface area contributed by atoms with Gasteiger partial charge in [-0.3, -0.25) is 0 Å². The molecule has 118 valence electrons. The van der Waals surface area contributed by atoms with Crippen LogP contribution >= 0.6 is 0 Å². The van der Waals surface area contributed by atoms with Gasteiger partial charge in [-0.2, -0.15) is 0 Å². The highest BCUT2D eigenvalue weighted by molar-refractivity contribution is 5.77. The van der Waals surface area contributed by atoms with Crippen molar-refractivity contribution in [3.05, 3.63) is 11.6 Å². The van der Waals surface area contributed by atoms with E-state index in [1.54, 1.807) is 0 Å². The lowest BCUT2D eigenvalue weighted by Gasteiger charge is -2.07. The first kappa shape index (κ1) is 15.8. The smallest absolute Gasteiger partial charge is 0.189 e. The first-order chi connectivity index (χ1) is 10.3. The summed E-state index contributed by atoms with van der Waals surface area (Å²) in [5.74, 6) is 2.45. The number of hydrogen-bond donors (Lipinski definition) is 2. The summed E-state index contributed by atoms with van der Waals surface area (Å²) in [6.45, 7) is 5.74. The van der Waals surface area contributed by atoms with Gasteiger partial charge in [0, 0.05) is 32.7 Å². The number of guanidine groups is 1. The number of ether oxygens (including phenoxy) is 1. The molecule has 1 aromatic rings. The Kier molecular flexibility index (Phi) is 6.46. The zero-order valence-electron chi connectivity index (χ0n) is 12.8. The molecule has 3 N–H and O–H groups in total. The van der Waals surface area contributed by atoms with Crippen molar-refractivity contribution >= 4 is 5.96 Å². The Morgan fingerprint density at radius 2 is 2.29 bits per heavy atom. The fraction of sp³-hybridized carbons (Fsp3) is 0.786. The Morgan fingerprint density at radius 3 is 3.14 bits per heavy atom. The molecule has 0 radical (unpaired) electrons. The lowest BCUT2D eigenvalue weighted by atomic mass is 10.2. The highest BCUT2D eigenvalue weighted by Crippen LogP contribution is 2.14. The fourth-order valence-corrected chi connectivity index (χ4v) is 2.41. The van der Waals surface area contributed by atoms with Crippen LogP contribution < -0.4 is 11.1 Å². The summed E-state index contributed by atoms with van der Waals surface area (Å²) in [5.41, 5.74) is 5.85. The molecule has 1 aliphatic heterocycles. The summed E-state index contributed by atoms with van der Waals surface area (Å²) in [5, 5.41) is 11.6. The lowest BCUT2D eigenvalue weighted by molar-refractivity contribution is 0.145. The van der Waals surface area contributed by atoms with E-state index in [-0.39, 0.29) is 0 Å². The van der Waals surface area contributed by atoms with E-state index < -0.39 is 0 Å². The summed E-state index contributed by atoms with van der Waals surface area (Å²) >= 11 is 0. The van der Waals surface area contributed by atoms with Crippen LogP contribution in [0.4, 0.5) is 0 Å². The maximum Gasteiger partial charge on any atom is 0.189 e. The highest BCUT2D eigenvalue weighted by Gasteiger charge is 2.13. The van der Waals surface area contributed by atoms with Crippen LogP contribution in [-0.4, -0.2) is 40.5 Å². The molecule has 1 aromatic heterocycles. The number of fused-ring (bicyclic) bond motifs is 1. The maximum atomic E-state index is 5.85. The summed E-state index contributed by atoms with van der Waals surface area (Å²) in [6.07, 6.45) is 5.58. The van der Waals surface area contributed by atoms with Crippen LogP contribution in [0.1, 0.15) is 44.3 Å². The molecule has 0 aliphatic carbocycles. The first-order valence-electron chi connectivity index (χ1n) is 7.83. The second-order valence-electron chi connectivity index (χ2n) is 5.17. The second kappa shape index (κ2) is 8.61. The minimum atomic E-state index is 0.456. The van der Waals surface area contributed by atoms with Gasteiger partial charge < -0.3 is 20.4 Å². The van der Waals surface area contributed by atoms with Crippen molar-refractivity contribution in [1.29, 1.82) is 0 Å². The molecule has 0 fully saturated rings. The third-order valence-electron chi connectivity index (χ3n) is 3.55. The van der Waals surface area contributed by atoms with Crippen LogP contribution in [-0.2, 0) is 24.2 Å². The summed E-state index contributed by atoms with van der Waals surface area (Å²) < 4.78 is 7.46. The van der Waals surface area contributed by atoms with Crippen molar-refractivity contribution < 1.29 is 4.74 Å². The van der Waals surface area contributed by atoms with Crippen LogP contribution in [0.15, 0.2) is 4.99 Å². The number of aliphatic imine (C=N–C) groups is 1. The Balaban J connectivity index is 1.79. The van der Waals surface area contributed by atoms with Gasteiger partial charge >= 0.3 is 0 Å². The molecule has 0 amide bonds. The van der Waals surface area contributed by atoms with Crippen molar-refractivity contribution in [3.63, 3.8) is 0 Å². The second-order valence-corrected chi connectivity index (χ2v) is 5.17. The fourth-order valence-electron chi connectivity index (χ4n) is 2.41. The normalized spacial score (nSPS) is 15.6. The van der Waals surface area contributed by atoms with E-state index in [0.717, 1.165) is 50.8 Å². The van der Waals surface area contributed by atoms with Crippen molar-refractivity contribution in [2.75, 3.05) is 19.8 Å². The van der Waals surface area contributed by atoms with Crippen LogP contribution in [0.5, 0.6) is 0 Å². The zero-order valence-corrected chi connectivity index (χ0v) is 12.8. The molecule has 0 atom stereocenters. The van der Waals surface area contributed by atoms with Gasteiger partial charge in [-0.1, -0.05) is 6.42 Å². The molecular formula is C14H26N6O. The predicted molar refractivity (Wildman–Crippen MR) is 82.0 cm³/mol. The van der Waals surface area contributed by atoms with Crippen molar-refractivity contribution in [2.45, 2.75) is 52.1 Å². The summed E-state index contributed by atoms with van der Waals surface area (Å²) in [4.78, 5) is 4.34. The van der Waals surface area contributed by atoms with E-state index >= 15 is 0 Å². The molecule has 1 aliphatic rings. The van der Waals surface area contributed by atoms with Crippen LogP contribution in [0, 0.1) is 0 Å². The van der Waals surface area contributed by atoms with Crippen molar-refractivity contribution in [3.8, 4) is 0 Å². The molecule has 0 saturated heterocycles. The number of nitrogens with one attached hydrogen (secondary N) is 1. The Bertz CT molecular complexity index is 456. The van der Waals surface area contributed by atoms with E-state index in [1.165, 1.54) is 19.3 Å². The monoisotopic (exact) mass is 294 g/mol. The van der Waals surface area contributed by atoms with Gasteiger partial charge in [-0.05, 0) is 26.2 Å². The Hall–Kier alpha value is -1.63. The average Bonchev–Trinajstić information content (AvgIpc) is 2.72. The topological polar surface area (TPSA) is 90.3 Å². The quantitative estimate of drug-likeness (QED) is 0.442. The molecule has 7 nitrogen and oxygen atoms in total. The molecular weight excluding hydrogens is 268 g/mol. The molecule has 0 spiro atoms. The molecule has 2 heterocycles. The first-order valence-corrected chi connectivity index (χ1v) is 7.83. The molecule has 0 saturated carbocycles. The van der Waals surface area contributed by atoms with Crippen molar-refractivity contribution in [2.24, 2.45) is 10.7 Å². The minimum absolute atomic E-state index is 0.456.